The lowest BCUT2D eigenvalue weighted by Gasteiger charge is -2.25. The molecule has 2 rings (SSSR count). The first-order chi connectivity index (χ1) is 12.5. The lowest BCUT2D eigenvalue weighted by atomic mass is 9.82. The predicted molar refractivity (Wildman–Crippen MR) is 117 cm³/mol. The third-order valence-corrected chi connectivity index (χ3v) is 7.05. The molecule has 2 aromatic carbocycles. The van der Waals surface area contributed by atoms with Gasteiger partial charge in [-0.3, -0.25) is 9.52 Å². The van der Waals surface area contributed by atoms with E-state index in [1.165, 1.54) is 19.1 Å². The monoisotopic (exact) mass is 516 g/mol. The van der Waals surface area contributed by atoms with Crippen LogP contribution in [0.5, 0.6) is 0 Å². The molecule has 2 aromatic rings. The minimum Gasteiger partial charge on any atom is -0.326 e. The molecule has 27 heavy (non-hydrogen) atoms. The van der Waals surface area contributed by atoms with Gasteiger partial charge in [0.1, 0.15) is 0 Å². The van der Waals surface area contributed by atoms with Gasteiger partial charge in [0, 0.05) is 21.6 Å². The van der Waals surface area contributed by atoms with Gasteiger partial charge in [0.2, 0.25) is 5.91 Å². The van der Waals surface area contributed by atoms with Crippen molar-refractivity contribution in [1.82, 2.24) is 0 Å². The fourth-order valence-corrected chi connectivity index (χ4v) is 5.13. The normalized spacial score (nSPS) is 11.9. The van der Waals surface area contributed by atoms with Gasteiger partial charge in [-0.25, -0.2) is 8.42 Å². The van der Waals surface area contributed by atoms with E-state index in [0.29, 0.717) is 20.3 Å². The van der Waals surface area contributed by atoms with Gasteiger partial charge in [-0.15, -0.1) is 0 Å². The summed E-state index contributed by atoms with van der Waals surface area (Å²) in [6.45, 7) is 7.79. The molecule has 0 saturated carbocycles. The van der Waals surface area contributed by atoms with Crippen LogP contribution in [0.15, 0.2) is 50.2 Å². The molecule has 0 aliphatic heterocycles. The van der Waals surface area contributed by atoms with Gasteiger partial charge in [0.15, 0.2) is 0 Å². The zero-order valence-corrected chi connectivity index (χ0v) is 19.5. The Balaban J connectivity index is 2.34. The van der Waals surface area contributed by atoms with Crippen molar-refractivity contribution in [3.05, 3.63) is 50.9 Å². The van der Waals surface area contributed by atoms with Crippen LogP contribution >= 0.6 is 31.9 Å². The number of halogens is 2. The Morgan fingerprint density at radius 3 is 2.04 bits per heavy atom. The van der Waals surface area contributed by atoms with Crippen LogP contribution in [0, 0.1) is 0 Å². The number of sulfonamides is 1. The highest BCUT2D eigenvalue weighted by molar-refractivity contribution is 9.11. The van der Waals surface area contributed by atoms with Gasteiger partial charge >= 0.3 is 0 Å². The molecule has 0 aromatic heterocycles. The average Bonchev–Trinajstić information content (AvgIpc) is 2.58. The average molecular weight is 518 g/mol. The van der Waals surface area contributed by atoms with Gasteiger partial charge in [0.25, 0.3) is 10.0 Å². The minimum atomic E-state index is -3.78. The lowest BCUT2D eigenvalue weighted by Crippen LogP contribution is -2.17. The summed E-state index contributed by atoms with van der Waals surface area (Å²) in [5.74, 6) is -0.216. The molecule has 0 aliphatic carbocycles. The summed E-state index contributed by atoms with van der Waals surface area (Å²) in [5, 5.41) is 2.61. The number of anilines is 2. The lowest BCUT2D eigenvalue weighted by molar-refractivity contribution is -0.114. The van der Waals surface area contributed by atoms with Crippen LogP contribution in [0.3, 0.4) is 0 Å². The van der Waals surface area contributed by atoms with Crippen LogP contribution in [-0.2, 0) is 20.2 Å². The topological polar surface area (TPSA) is 75.3 Å². The maximum atomic E-state index is 12.7. The third-order valence-electron chi connectivity index (χ3n) is 4.43. The van der Waals surface area contributed by atoms with E-state index in [1.807, 2.05) is 12.1 Å². The summed E-state index contributed by atoms with van der Waals surface area (Å²) in [5.41, 5.74) is 2.06. The van der Waals surface area contributed by atoms with Crippen molar-refractivity contribution in [2.45, 2.75) is 44.4 Å². The van der Waals surface area contributed by atoms with Crippen LogP contribution in [-0.4, -0.2) is 14.3 Å². The molecule has 0 heterocycles. The number of hydrogen-bond acceptors (Lipinski definition) is 3. The maximum Gasteiger partial charge on any atom is 0.261 e. The van der Waals surface area contributed by atoms with Crippen molar-refractivity contribution in [1.29, 1.82) is 0 Å². The molecule has 8 heteroatoms. The Morgan fingerprint density at radius 1 is 1.07 bits per heavy atom. The molecule has 0 spiro atoms. The number of carbonyl (C=O) groups excluding carboxylic acids is 1. The zero-order valence-electron chi connectivity index (χ0n) is 15.6. The van der Waals surface area contributed by atoms with E-state index in [1.54, 1.807) is 12.1 Å². The zero-order chi connectivity index (χ0) is 20.4. The van der Waals surface area contributed by atoms with Gasteiger partial charge < -0.3 is 5.32 Å². The Hall–Kier alpha value is -1.38. The number of benzene rings is 2. The highest BCUT2D eigenvalue weighted by Crippen LogP contribution is 2.38. The van der Waals surface area contributed by atoms with Crippen molar-refractivity contribution in [3.63, 3.8) is 0 Å². The fraction of sp³-hybridized carbons (Fsp3) is 0.316. The molecule has 0 bridgehead atoms. The van der Waals surface area contributed by atoms with Crippen molar-refractivity contribution < 1.29 is 13.2 Å². The molecule has 2 N–H and O–H groups in total. The molecule has 146 valence electrons. The first-order valence-electron chi connectivity index (χ1n) is 8.36. The standard InChI is InChI=1S/C19H22Br2N2O3S/c1-5-19(3,4)13-10-16(20)18(17(21)11-13)23-27(25,26)15-8-6-14(7-9-15)22-12(2)24/h6-11,23H,5H2,1-4H3,(H,22,24). The summed E-state index contributed by atoms with van der Waals surface area (Å²) in [6.07, 6.45) is 0.956. The highest BCUT2D eigenvalue weighted by Gasteiger charge is 2.23. The van der Waals surface area contributed by atoms with Gasteiger partial charge in [-0.2, -0.15) is 0 Å². The first kappa shape index (κ1) is 21.9. The summed E-state index contributed by atoms with van der Waals surface area (Å²) >= 11 is 6.96. The summed E-state index contributed by atoms with van der Waals surface area (Å²) in [7, 11) is -3.78. The van der Waals surface area contributed by atoms with Crippen molar-refractivity contribution >= 4 is 59.2 Å². The summed E-state index contributed by atoms with van der Waals surface area (Å²) in [4.78, 5) is 11.2. The van der Waals surface area contributed by atoms with E-state index < -0.39 is 10.0 Å². The molecular formula is C19H22Br2N2O3S. The number of hydrogen-bond donors (Lipinski definition) is 2. The second-order valence-corrected chi connectivity index (χ2v) is 10.3. The van der Waals surface area contributed by atoms with Crippen LogP contribution in [0.1, 0.15) is 39.7 Å². The molecule has 0 saturated heterocycles. The molecule has 1 amide bonds. The van der Waals surface area contributed by atoms with Crippen LogP contribution in [0.4, 0.5) is 11.4 Å². The van der Waals surface area contributed by atoms with E-state index in [9.17, 15) is 13.2 Å². The van der Waals surface area contributed by atoms with Crippen LogP contribution < -0.4 is 10.0 Å². The third kappa shape index (κ3) is 5.33. The molecule has 5 nitrogen and oxygen atoms in total. The van der Waals surface area contributed by atoms with Crippen molar-refractivity contribution in [2.75, 3.05) is 10.0 Å². The van der Waals surface area contributed by atoms with E-state index in [4.69, 9.17) is 0 Å². The van der Waals surface area contributed by atoms with E-state index in [2.05, 4.69) is 62.7 Å². The van der Waals surface area contributed by atoms with Gasteiger partial charge in [-0.05, 0) is 85.7 Å². The second-order valence-electron chi connectivity index (χ2n) is 6.86. The van der Waals surface area contributed by atoms with Gasteiger partial charge in [0.05, 0.1) is 10.6 Å². The molecule has 0 fully saturated rings. The SMILES string of the molecule is CCC(C)(C)c1cc(Br)c(NS(=O)(=O)c2ccc(NC(C)=O)cc2)c(Br)c1. The second kappa shape index (κ2) is 8.32. The maximum absolute atomic E-state index is 12.7. The number of carbonyl (C=O) groups is 1. The van der Waals surface area contributed by atoms with E-state index >= 15 is 0 Å². The number of nitrogens with one attached hydrogen (secondary N) is 2. The Morgan fingerprint density at radius 2 is 1.59 bits per heavy atom. The predicted octanol–water partition coefficient (Wildman–Crippen LogP) is 5.66. The first-order valence-corrected chi connectivity index (χ1v) is 11.4. The smallest absolute Gasteiger partial charge is 0.261 e. The Kier molecular flexibility index (Phi) is 6.76. The largest absolute Gasteiger partial charge is 0.326 e. The van der Waals surface area contributed by atoms with Crippen LogP contribution in [0.2, 0.25) is 0 Å². The van der Waals surface area contributed by atoms with E-state index in [-0.39, 0.29) is 16.2 Å². The minimum absolute atomic E-state index is 0.0258. The van der Waals surface area contributed by atoms with Crippen molar-refractivity contribution in [2.24, 2.45) is 0 Å². The van der Waals surface area contributed by atoms with Gasteiger partial charge in [-0.1, -0.05) is 20.8 Å². The number of amides is 1. The molecule has 0 radical (unpaired) electrons. The summed E-state index contributed by atoms with van der Waals surface area (Å²) < 4.78 is 29.4. The Bertz CT molecular complexity index is 932. The quantitative estimate of drug-likeness (QED) is 0.519. The summed E-state index contributed by atoms with van der Waals surface area (Å²) in [6, 6.07) is 9.87. The molecule has 0 atom stereocenters. The molecular weight excluding hydrogens is 496 g/mol. The van der Waals surface area contributed by atoms with E-state index in [0.717, 1.165) is 12.0 Å². The van der Waals surface area contributed by atoms with Crippen molar-refractivity contribution in [3.8, 4) is 0 Å². The van der Waals surface area contributed by atoms with Crippen LogP contribution in [0.25, 0.3) is 0 Å². The molecule has 0 aliphatic rings. The number of rotatable bonds is 6. The highest BCUT2D eigenvalue weighted by atomic mass is 79.9. The molecule has 0 unspecified atom stereocenters. The Labute approximate surface area is 177 Å². The fourth-order valence-electron chi connectivity index (χ4n) is 2.38.